The summed E-state index contributed by atoms with van der Waals surface area (Å²) in [5.41, 5.74) is 4.04. The van der Waals surface area contributed by atoms with Gasteiger partial charge in [-0.3, -0.25) is 4.99 Å². The first kappa shape index (κ1) is 17.4. The summed E-state index contributed by atoms with van der Waals surface area (Å²) < 4.78 is 5.89. The van der Waals surface area contributed by atoms with Gasteiger partial charge in [-0.1, -0.05) is 32.0 Å². The Morgan fingerprint density at radius 3 is 3.04 bits per heavy atom. The molecule has 4 rings (SSSR count). The maximum absolute atomic E-state index is 5.89. The van der Waals surface area contributed by atoms with Crippen molar-refractivity contribution >= 4 is 16.9 Å². The molecule has 2 aromatic rings. The van der Waals surface area contributed by atoms with Crippen LogP contribution in [0.25, 0.3) is 10.9 Å². The van der Waals surface area contributed by atoms with Gasteiger partial charge in [0.15, 0.2) is 5.96 Å². The van der Waals surface area contributed by atoms with Crippen LogP contribution in [-0.2, 0) is 11.2 Å². The molecule has 1 aromatic carbocycles. The number of aliphatic imine (C=N–C) groups is 1. The van der Waals surface area contributed by atoms with Gasteiger partial charge in [-0.25, -0.2) is 0 Å². The number of aromatic nitrogens is 1. The molecule has 1 saturated carbocycles. The van der Waals surface area contributed by atoms with E-state index < -0.39 is 0 Å². The Morgan fingerprint density at radius 1 is 1.38 bits per heavy atom. The van der Waals surface area contributed by atoms with Gasteiger partial charge in [-0.05, 0) is 30.9 Å². The number of benzene rings is 1. The Hall–Kier alpha value is -2.01. The molecule has 0 spiro atoms. The van der Waals surface area contributed by atoms with E-state index in [1.54, 1.807) is 0 Å². The Balaban J connectivity index is 1.35. The summed E-state index contributed by atoms with van der Waals surface area (Å²) in [6, 6.07) is 6.89. The zero-order chi connectivity index (χ0) is 18.3. The fraction of sp³-hybridized carbons (Fsp3) is 0.571. The maximum Gasteiger partial charge on any atom is 0.191 e. The van der Waals surface area contributed by atoms with Crippen molar-refractivity contribution in [3.63, 3.8) is 0 Å². The predicted molar refractivity (Wildman–Crippen MR) is 107 cm³/mol. The third kappa shape index (κ3) is 2.78. The Labute approximate surface area is 155 Å². The number of rotatable bonds is 4. The lowest BCUT2D eigenvalue weighted by Crippen LogP contribution is -2.68. The molecule has 5 nitrogen and oxygen atoms in total. The lowest BCUT2D eigenvalue weighted by Gasteiger charge is -2.54. The first-order valence-corrected chi connectivity index (χ1v) is 9.66. The number of aryl methyl sites for hydroxylation is 1. The summed E-state index contributed by atoms with van der Waals surface area (Å²) >= 11 is 0. The van der Waals surface area contributed by atoms with Gasteiger partial charge in [0.05, 0.1) is 6.10 Å². The number of nitrogens with one attached hydrogen (secondary N) is 3. The van der Waals surface area contributed by atoms with Crippen molar-refractivity contribution in [2.75, 3.05) is 20.2 Å². The number of nitrogens with zero attached hydrogens (tertiary/aromatic N) is 1. The van der Waals surface area contributed by atoms with E-state index in [-0.39, 0.29) is 5.41 Å². The third-order valence-electron chi connectivity index (χ3n) is 6.31. The zero-order valence-electron chi connectivity index (χ0n) is 16.2. The van der Waals surface area contributed by atoms with Gasteiger partial charge in [0.1, 0.15) is 0 Å². The van der Waals surface area contributed by atoms with Gasteiger partial charge in [-0.15, -0.1) is 0 Å². The van der Waals surface area contributed by atoms with E-state index in [0.29, 0.717) is 18.1 Å². The van der Waals surface area contributed by atoms with E-state index >= 15 is 0 Å². The smallest absolute Gasteiger partial charge is 0.191 e. The molecule has 26 heavy (non-hydrogen) atoms. The van der Waals surface area contributed by atoms with Crippen molar-refractivity contribution in [2.24, 2.45) is 16.3 Å². The highest BCUT2D eigenvalue weighted by molar-refractivity contribution is 5.86. The fourth-order valence-electron chi connectivity index (χ4n) is 4.85. The average molecular weight is 354 g/mol. The van der Waals surface area contributed by atoms with Crippen LogP contribution >= 0.6 is 0 Å². The lowest BCUT2D eigenvalue weighted by molar-refractivity contribution is -0.106. The summed E-state index contributed by atoms with van der Waals surface area (Å²) in [6.07, 6.45) is 4.64. The molecular formula is C21H30N4O. The monoisotopic (exact) mass is 354 g/mol. The minimum Gasteiger partial charge on any atom is -0.377 e. The van der Waals surface area contributed by atoms with E-state index in [1.807, 2.05) is 7.05 Å². The summed E-state index contributed by atoms with van der Waals surface area (Å²) in [7, 11) is 1.85. The summed E-state index contributed by atoms with van der Waals surface area (Å²) in [4.78, 5) is 7.84. The third-order valence-corrected chi connectivity index (χ3v) is 6.31. The highest BCUT2D eigenvalue weighted by atomic mass is 16.5. The molecule has 2 heterocycles. The molecule has 3 unspecified atom stereocenters. The predicted octanol–water partition coefficient (Wildman–Crippen LogP) is 3.00. The largest absolute Gasteiger partial charge is 0.377 e. The fourth-order valence-corrected chi connectivity index (χ4v) is 4.85. The molecule has 0 amide bonds. The van der Waals surface area contributed by atoms with Crippen LogP contribution in [0.4, 0.5) is 0 Å². The Morgan fingerprint density at radius 2 is 2.23 bits per heavy atom. The molecule has 1 aliphatic carbocycles. The summed E-state index contributed by atoms with van der Waals surface area (Å²) in [6.45, 7) is 8.48. The van der Waals surface area contributed by atoms with Crippen LogP contribution in [-0.4, -0.2) is 43.3 Å². The molecule has 140 valence electrons. The number of H-pyrrole nitrogens is 1. The van der Waals surface area contributed by atoms with E-state index in [0.717, 1.165) is 32.0 Å². The van der Waals surface area contributed by atoms with Crippen LogP contribution < -0.4 is 10.6 Å². The van der Waals surface area contributed by atoms with Crippen LogP contribution in [0.1, 0.15) is 31.4 Å². The molecule has 2 aliphatic rings. The van der Waals surface area contributed by atoms with Crippen LogP contribution in [0.2, 0.25) is 0 Å². The molecule has 1 saturated heterocycles. The molecule has 5 heteroatoms. The van der Waals surface area contributed by atoms with Gasteiger partial charge >= 0.3 is 0 Å². The highest BCUT2D eigenvalue weighted by Crippen LogP contribution is 2.52. The molecule has 0 radical (unpaired) electrons. The number of para-hydroxylation sites is 1. The molecule has 3 atom stereocenters. The Kier molecular flexibility index (Phi) is 4.43. The lowest BCUT2D eigenvalue weighted by atomic mass is 9.57. The second kappa shape index (κ2) is 6.62. The van der Waals surface area contributed by atoms with Gasteiger partial charge < -0.3 is 20.4 Å². The van der Waals surface area contributed by atoms with Crippen molar-refractivity contribution in [1.29, 1.82) is 0 Å². The number of ether oxygens (including phenoxy) is 1. The number of hydrogen-bond donors (Lipinski definition) is 3. The molecular weight excluding hydrogens is 324 g/mol. The van der Waals surface area contributed by atoms with E-state index in [2.05, 4.69) is 65.8 Å². The van der Waals surface area contributed by atoms with Crippen molar-refractivity contribution in [1.82, 2.24) is 15.6 Å². The second-order valence-electron chi connectivity index (χ2n) is 8.25. The van der Waals surface area contributed by atoms with Crippen molar-refractivity contribution in [2.45, 2.75) is 45.8 Å². The van der Waals surface area contributed by atoms with Crippen LogP contribution in [0, 0.1) is 18.3 Å². The molecule has 1 aromatic heterocycles. The van der Waals surface area contributed by atoms with Crippen LogP contribution in [0.3, 0.4) is 0 Å². The molecule has 0 bridgehead atoms. The first-order valence-electron chi connectivity index (χ1n) is 9.66. The first-order chi connectivity index (χ1) is 12.5. The normalized spacial score (nSPS) is 27.2. The number of guanidine groups is 1. The van der Waals surface area contributed by atoms with Crippen molar-refractivity contribution < 1.29 is 4.74 Å². The van der Waals surface area contributed by atoms with Gasteiger partial charge in [0.2, 0.25) is 0 Å². The van der Waals surface area contributed by atoms with E-state index in [9.17, 15) is 0 Å². The van der Waals surface area contributed by atoms with E-state index in [4.69, 9.17) is 4.74 Å². The highest BCUT2D eigenvalue weighted by Gasteiger charge is 2.59. The van der Waals surface area contributed by atoms with Gasteiger partial charge in [-0.2, -0.15) is 0 Å². The van der Waals surface area contributed by atoms with E-state index in [1.165, 1.54) is 22.0 Å². The average Bonchev–Trinajstić information content (AvgIpc) is 3.24. The minimum atomic E-state index is 0.160. The number of aromatic amines is 1. The zero-order valence-corrected chi connectivity index (χ0v) is 16.2. The Bertz CT molecular complexity index is 823. The minimum absolute atomic E-state index is 0.160. The van der Waals surface area contributed by atoms with Gasteiger partial charge in [0, 0.05) is 54.7 Å². The standard InChI is InChI=1S/C21H30N4O/c1-13-6-5-7-15-14(12-24-17(13)15)8-10-23-20(22-4)25-18-16-9-11-26-19(16)21(18,2)3/h5-7,12,16,18-19,24H,8-11H2,1-4H3,(H2,22,23,25). The second-order valence-corrected chi connectivity index (χ2v) is 8.25. The topological polar surface area (TPSA) is 61.4 Å². The number of hydrogen-bond acceptors (Lipinski definition) is 2. The van der Waals surface area contributed by atoms with Crippen LogP contribution in [0.15, 0.2) is 29.4 Å². The maximum atomic E-state index is 5.89. The van der Waals surface area contributed by atoms with Crippen LogP contribution in [0.5, 0.6) is 0 Å². The van der Waals surface area contributed by atoms with Crippen molar-refractivity contribution in [3.8, 4) is 0 Å². The molecule has 2 fully saturated rings. The molecule has 3 N–H and O–H groups in total. The summed E-state index contributed by atoms with van der Waals surface area (Å²) in [5.74, 6) is 1.50. The quantitative estimate of drug-likeness (QED) is 0.584. The number of fused-ring (bicyclic) bond motifs is 2. The van der Waals surface area contributed by atoms with Crippen molar-refractivity contribution in [3.05, 3.63) is 35.5 Å². The van der Waals surface area contributed by atoms with Gasteiger partial charge in [0.25, 0.3) is 0 Å². The SMILES string of the molecule is CN=C(NCCc1c[nH]c2c(C)cccc12)NC1C2CCOC2C1(C)C. The summed E-state index contributed by atoms with van der Waals surface area (Å²) in [5, 5.41) is 8.45. The molecule has 1 aliphatic heterocycles.